The van der Waals surface area contributed by atoms with Gasteiger partial charge >= 0.3 is 5.97 Å². The molecular formula is C14H15BrO4. The van der Waals surface area contributed by atoms with E-state index in [0.717, 1.165) is 40.8 Å². The van der Waals surface area contributed by atoms with Crippen molar-refractivity contribution >= 4 is 21.9 Å². The summed E-state index contributed by atoms with van der Waals surface area (Å²) in [5.74, 6) is 0.711. The van der Waals surface area contributed by atoms with Crippen LogP contribution in [-0.2, 0) is 10.2 Å². The molecule has 2 aliphatic rings. The lowest BCUT2D eigenvalue weighted by Gasteiger charge is -2.18. The Kier molecular flexibility index (Phi) is 3.17. The molecule has 1 aliphatic heterocycles. The second-order valence-corrected chi connectivity index (χ2v) is 6.03. The highest BCUT2D eigenvalue weighted by Crippen LogP contribution is 2.55. The van der Waals surface area contributed by atoms with E-state index in [2.05, 4.69) is 15.9 Å². The number of ether oxygens (including phenoxy) is 2. The molecule has 1 saturated carbocycles. The van der Waals surface area contributed by atoms with Gasteiger partial charge in [0.25, 0.3) is 0 Å². The van der Waals surface area contributed by atoms with Gasteiger partial charge < -0.3 is 14.6 Å². The highest BCUT2D eigenvalue weighted by molar-refractivity contribution is 9.10. The fourth-order valence-electron chi connectivity index (χ4n) is 2.57. The highest BCUT2D eigenvalue weighted by Gasteiger charge is 2.47. The predicted molar refractivity (Wildman–Crippen MR) is 72.9 cm³/mol. The first-order valence-corrected chi connectivity index (χ1v) is 7.21. The zero-order chi connectivity index (χ0) is 13.5. The molecule has 0 radical (unpaired) electrons. The Balaban J connectivity index is 1.98. The van der Waals surface area contributed by atoms with Crippen LogP contribution in [0.4, 0.5) is 0 Å². The van der Waals surface area contributed by atoms with Crippen LogP contribution < -0.4 is 9.47 Å². The Morgan fingerprint density at radius 1 is 1.26 bits per heavy atom. The lowest BCUT2D eigenvalue weighted by Crippen LogP contribution is -2.14. The maximum atomic E-state index is 11.0. The van der Waals surface area contributed by atoms with E-state index in [1.165, 1.54) is 0 Å². The third-order valence-electron chi connectivity index (χ3n) is 3.75. The lowest BCUT2D eigenvalue weighted by molar-refractivity contribution is -0.137. The van der Waals surface area contributed by atoms with E-state index >= 15 is 0 Å². The Bertz CT molecular complexity index is 522. The van der Waals surface area contributed by atoms with E-state index in [1.807, 2.05) is 12.1 Å². The summed E-state index contributed by atoms with van der Waals surface area (Å²) in [7, 11) is 0. The van der Waals surface area contributed by atoms with Crippen molar-refractivity contribution in [3.63, 3.8) is 0 Å². The van der Waals surface area contributed by atoms with Gasteiger partial charge in [-0.15, -0.1) is 0 Å². The van der Waals surface area contributed by atoms with Crippen LogP contribution >= 0.6 is 15.9 Å². The molecule has 19 heavy (non-hydrogen) atoms. The van der Waals surface area contributed by atoms with Gasteiger partial charge in [0.05, 0.1) is 19.6 Å². The first-order valence-electron chi connectivity index (χ1n) is 6.42. The third kappa shape index (κ3) is 2.43. The molecule has 0 spiro atoms. The SMILES string of the molecule is O=C(O)CC1(c2cc3c(cc2Br)OCCCO3)CC1. The molecule has 0 atom stereocenters. The summed E-state index contributed by atoms with van der Waals surface area (Å²) in [6, 6.07) is 3.85. The van der Waals surface area contributed by atoms with Crippen LogP contribution in [0, 0.1) is 0 Å². The van der Waals surface area contributed by atoms with Crippen LogP contribution in [-0.4, -0.2) is 24.3 Å². The normalized spacial score (nSPS) is 19.6. The molecule has 1 fully saturated rings. The van der Waals surface area contributed by atoms with Crippen molar-refractivity contribution in [3.8, 4) is 11.5 Å². The number of carbonyl (C=O) groups is 1. The van der Waals surface area contributed by atoms with E-state index in [9.17, 15) is 4.79 Å². The number of benzene rings is 1. The molecule has 0 saturated heterocycles. The molecule has 5 heteroatoms. The predicted octanol–water partition coefficient (Wildman–Crippen LogP) is 3.12. The summed E-state index contributed by atoms with van der Waals surface area (Å²) in [4.78, 5) is 11.0. The van der Waals surface area contributed by atoms with Crippen molar-refractivity contribution in [1.82, 2.24) is 0 Å². The molecule has 0 bridgehead atoms. The Morgan fingerprint density at radius 2 is 1.89 bits per heavy atom. The maximum Gasteiger partial charge on any atom is 0.304 e. The van der Waals surface area contributed by atoms with E-state index in [-0.39, 0.29) is 11.8 Å². The number of carboxylic acid groups (broad SMARTS) is 1. The van der Waals surface area contributed by atoms with Gasteiger partial charge in [0.1, 0.15) is 0 Å². The van der Waals surface area contributed by atoms with Crippen LogP contribution in [0.3, 0.4) is 0 Å². The summed E-state index contributed by atoms with van der Waals surface area (Å²) >= 11 is 3.54. The van der Waals surface area contributed by atoms with E-state index in [0.29, 0.717) is 13.2 Å². The van der Waals surface area contributed by atoms with Gasteiger partial charge in [0.15, 0.2) is 11.5 Å². The van der Waals surface area contributed by atoms with Crippen molar-refractivity contribution in [1.29, 1.82) is 0 Å². The Labute approximate surface area is 119 Å². The molecular weight excluding hydrogens is 312 g/mol. The first-order chi connectivity index (χ1) is 9.11. The Hall–Kier alpha value is -1.23. The topological polar surface area (TPSA) is 55.8 Å². The second-order valence-electron chi connectivity index (χ2n) is 5.18. The molecule has 3 rings (SSSR count). The van der Waals surface area contributed by atoms with Gasteiger partial charge in [-0.2, -0.15) is 0 Å². The molecule has 1 heterocycles. The molecule has 1 aromatic rings. The molecule has 102 valence electrons. The molecule has 0 unspecified atom stereocenters. The van der Waals surface area contributed by atoms with Gasteiger partial charge in [-0.1, -0.05) is 15.9 Å². The number of carboxylic acids is 1. The van der Waals surface area contributed by atoms with Crippen molar-refractivity contribution in [2.75, 3.05) is 13.2 Å². The Morgan fingerprint density at radius 3 is 2.47 bits per heavy atom. The monoisotopic (exact) mass is 326 g/mol. The number of rotatable bonds is 3. The van der Waals surface area contributed by atoms with Gasteiger partial charge in [-0.3, -0.25) is 4.79 Å². The summed E-state index contributed by atoms with van der Waals surface area (Å²) in [5.41, 5.74) is 0.800. The largest absolute Gasteiger partial charge is 0.490 e. The third-order valence-corrected chi connectivity index (χ3v) is 4.41. The van der Waals surface area contributed by atoms with Crippen LogP contribution in [0.5, 0.6) is 11.5 Å². The zero-order valence-electron chi connectivity index (χ0n) is 10.4. The molecule has 0 aromatic heterocycles. The van der Waals surface area contributed by atoms with E-state index in [1.54, 1.807) is 0 Å². The van der Waals surface area contributed by atoms with Crippen LogP contribution in [0.1, 0.15) is 31.2 Å². The minimum Gasteiger partial charge on any atom is -0.490 e. The average molecular weight is 327 g/mol. The van der Waals surface area contributed by atoms with Crippen molar-refractivity contribution in [2.45, 2.75) is 31.1 Å². The quantitative estimate of drug-likeness (QED) is 0.927. The van der Waals surface area contributed by atoms with Crippen LogP contribution in [0.2, 0.25) is 0 Å². The maximum absolute atomic E-state index is 11.0. The van der Waals surface area contributed by atoms with E-state index < -0.39 is 5.97 Å². The van der Waals surface area contributed by atoms with Crippen molar-refractivity contribution in [2.24, 2.45) is 0 Å². The van der Waals surface area contributed by atoms with Gasteiger partial charge in [-0.25, -0.2) is 0 Å². The minimum atomic E-state index is -0.753. The number of hydrogen-bond donors (Lipinski definition) is 1. The summed E-state index contributed by atoms with van der Waals surface area (Å²) < 4.78 is 12.2. The fourth-order valence-corrected chi connectivity index (χ4v) is 3.31. The number of fused-ring (bicyclic) bond motifs is 1. The van der Waals surface area contributed by atoms with Crippen molar-refractivity contribution in [3.05, 3.63) is 22.2 Å². The average Bonchev–Trinajstić information content (AvgIpc) is 3.12. The second kappa shape index (κ2) is 4.71. The summed E-state index contributed by atoms with van der Waals surface area (Å²) in [5, 5.41) is 9.05. The summed E-state index contributed by atoms with van der Waals surface area (Å²) in [6.45, 7) is 1.29. The highest BCUT2D eigenvalue weighted by atomic mass is 79.9. The zero-order valence-corrected chi connectivity index (χ0v) is 12.0. The molecule has 4 nitrogen and oxygen atoms in total. The molecule has 1 aliphatic carbocycles. The number of halogens is 1. The van der Waals surface area contributed by atoms with Crippen LogP contribution in [0.15, 0.2) is 16.6 Å². The fraction of sp³-hybridized carbons (Fsp3) is 0.500. The molecule has 0 amide bonds. The first kappa shape index (κ1) is 12.8. The molecule has 1 aromatic carbocycles. The minimum absolute atomic E-state index is 0.172. The van der Waals surface area contributed by atoms with Crippen molar-refractivity contribution < 1.29 is 19.4 Å². The summed E-state index contributed by atoms with van der Waals surface area (Å²) in [6.07, 6.45) is 2.86. The van der Waals surface area contributed by atoms with Crippen LogP contribution in [0.25, 0.3) is 0 Å². The molecule has 1 N–H and O–H groups in total. The number of aliphatic carboxylic acids is 1. The lowest BCUT2D eigenvalue weighted by atomic mass is 9.92. The van der Waals surface area contributed by atoms with Gasteiger partial charge in [0, 0.05) is 16.3 Å². The standard InChI is InChI=1S/C14H15BrO4/c15-10-7-12-11(18-4-1-5-19-12)6-9(10)14(2-3-14)8-13(16)17/h6-7H,1-5,8H2,(H,16,17). The van der Waals surface area contributed by atoms with Gasteiger partial charge in [-0.05, 0) is 30.5 Å². The van der Waals surface area contributed by atoms with Gasteiger partial charge in [0.2, 0.25) is 0 Å². The smallest absolute Gasteiger partial charge is 0.304 e. The number of hydrogen-bond acceptors (Lipinski definition) is 3. The van der Waals surface area contributed by atoms with E-state index in [4.69, 9.17) is 14.6 Å².